The van der Waals surface area contributed by atoms with E-state index >= 15 is 0 Å². The van der Waals surface area contributed by atoms with Crippen molar-refractivity contribution >= 4 is 23.3 Å². The number of rotatable bonds is 5. The molecule has 116 valence electrons. The largest absolute Gasteiger partial charge is 0.468 e. The summed E-state index contributed by atoms with van der Waals surface area (Å²) in [5, 5.41) is 7.14. The Hall–Kier alpha value is -1.60. The average Bonchev–Trinajstić information content (AvgIpc) is 2.94. The van der Waals surface area contributed by atoms with E-state index in [2.05, 4.69) is 15.2 Å². The van der Waals surface area contributed by atoms with Gasteiger partial charge in [0.1, 0.15) is 11.6 Å². The van der Waals surface area contributed by atoms with E-state index in [4.69, 9.17) is 16.3 Å². The number of halogens is 1. The lowest BCUT2D eigenvalue weighted by molar-refractivity contribution is -0.141. The van der Waals surface area contributed by atoms with Crippen LogP contribution in [0.5, 0.6) is 0 Å². The Balaban J connectivity index is 2.17. The van der Waals surface area contributed by atoms with Gasteiger partial charge in [-0.1, -0.05) is 11.6 Å². The van der Waals surface area contributed by atoms with Crippen molar-refractivity contribution < 1.29 is 14.3 Å². The molecule has 0 radical (unpaired) electrons. The van der Waals surface area contributed by atoms with E-state index < -0.39 is 11.5 Å². The van der Waals surface area contributed by atoms with Crippen LogP contribution >= 0.6 is 11.6 Å². The van der Waals surface area contributed by atoms with Crippen LogP contribution in [0.15, 0.2) is 11.0 Å². The van der Waals surface area contributed by atoms with E-state index in [1.165, 1.54) is 13.3 Å². The predicted molar refractivity (Wildman–Crippen MR) is 77.6 cm³/mol. The monoisotopic (exact) mass is 315 g/mol. The zero-order valence-electron chi connectivity index (χ0n) is 12.0. The second-order valence-electron chi connectivity index (χ2n) is 4.87. The summed E-state index contributed by atoms with van der Waals surface area (Å²) >= 11 is 6.07. The minimum absolute atomic E-state index is 0.00987. The van der Waals surface area contributed by atoms with E-state index in [0.717, 1.165) is 23.9 Å². The van der Waals surface area contributed by atoms with Gasteiger partial charge in [0.15, 0.2) is 0 Å². The highest BCUT2D eigenvalue weighted by atomic mass is 35.5. The Labute approximate surface area is 127 Å². The minimum atomic E-state index is -0.559. The number of carbonyl (C=O) groups is 1. The van der Waals surface area contributed by atoms with Crippen molar-refractivity contribution in [2.75, 3.05) is 19.5 Å². The molecule has 2 unspecified atom stereocenters. The van der Waals surface area contributed by atoms with Crippen LogP contribution in [-0.4, -0.2) is 42.1 Å². The summed E-state index contributed by atoms with van der Waals surface area (Å²) in [6.45, 7) is -0.264. The molecule has 7 nitrogen and oxygen atoms in total. The van der Waals surface area contributed by atoms with Gasteiger partial charge in [-0.2, -0.15) is 5.10 Å². The Morgan fingerprint density at radius 1 is 1.52 bits per heavy atom. The molecule has 0 saturated heterocycles. The van der Waals surface area contributed by atoms with E-state index in [-0.39, 0.29) is 23.7 Å². The number of methoxy groups -OCH3 is 2. The molecule has 2 rings (SSSR count). The molecule has 2 atom stereocenters. The summed E-state index contributed by atoms with van der Waals surface area (Å²) in [6, 6.07) is 0.102. The lowest BCUT2D eigenvalue weighted by Crippen LogP contribution is -2.32. The Kier molecular flexibility index (Phi) is 5.19. The summed E-state index contributed by atoms with van der Waals surface area (Å²) in [6.07, 6.45) is 4.51. The first-order chi connectivity index (χ1) is 10.1. The standard InChI is InChI=1S/C13H18ClN3O4/c1-20-10-5-3-4-8(10)16-9-6-15-17(7-11(18)21-2)13(19)12(9)14/h6,8,10,16H,3-5,7H2,1-2H3. The minimum Gasteiger partial charge on any atom is -0.468 e. The Morgan fingerprint density at radius 3 is 2.95 bits per heavy atom. The predicted octanol–water partition coefficient (Wildman–Crippen LogP) is 1.05. The molecule has 1 N–H and O–H groups in total. The molecule has 21 heavy (non-hydrogen) atoms. The quantitative estimate of drug-likeness (QED) is 0.818. The molecule has 1 aromatic rings. The van der Waals surface area contributed by atoms with Gasteiger partial charge in [0, 0.05) is 7.11 Å². The zero-order valence-corrected chi connectivity index (χ0v) is 12.7. The molecule has 0 aromatic carbocycles. The van der Waals surface area contributed by atoms with Gasteiger partial charge in [-0.15, -0.1) is 0 Å². The van der Waals surface area contributed by atoms with E-state index in [0.29, 0.717) is 5.69 Å². The first-order valence-electron chi connectivity index (χ1n) is 6.68. The number of hydrogen-bond donors (Lipinski definition) is 1. The molecule has 1 aliphatic rings. The van der Waals surface area contributed by atoms with Crippen LogP contribution in [-0.2, 0) is 20.8 Å². The maximum absolute atomic E-state index is 12.1. The summed E-state index contributed by atoms with van der Waals surface area (Å²) < 4.78 is 10.9. The normalized spacial score (nSPS) is 21.3. The SMILES string of the molecule is COC(=O)Cn1ncc(NC2CCCC2OC)c(Cl)c1=O. The lowest BCUT2D eigenvalue weighted by atomic mass is 10.2. The molecule has 1 fully saturated rings. The van der Waals surface area contributed by atoms with E-state index in [1.807, 2.05) is 0 Å². The first kappa shape index (κ1) is 15.8. The first-order valence-corrected chi connectivity index (χ1v) is 7.06. The number of esters is 1. The van der Waals surface area contributed by atoms with Crippen molar-refractivity contribution in [2.24, 2.45) is 0 Å². The van der Waals surface area contributed by atoms with Crippen LogP contribution in [0.4, 0.5) is 5.69 Å². The van der Waals surface area contributed by atoms with Crippen molar-refractivity contribution in [1.82, 2.24) is 9.78 Å². The third-order valence-electron chi connectivity index (χ3n) is 3.59. The number of anilines is 1. The van der Waals surface area contributed by atoms with E-state index in [1.54, 1.807) is 7.11 Å². The summed E-state index contributed by atoms with van der Waals surface area (Å²) in [4.78, 5) is 23.2. The number of carbonyl (C=O) groups excluding carboxylic acids is 1. The third-order valence-corrected chi connectivity index (χ3v) is 3.95. The highest BCUT2D eigenvalue weighted by molar-refractivity contribution is 6.32. The number of hydrogen-bond acceptors (Lipinski definition) is 6. The van der Waals surface area contributed by atoms with Crippen LogP contribution in [0.25, 0.3) is 0 Å². The molecule has 8 heteroatoms. The molecule has 0 spiro atoms. The van der Waals surface area contributed by atoms with Crippen LogP contribution in [0.3, 0.4) is 0 Å². The van der Waals surface area contributed by atoms with Gasteiger partial charge < -0.3 is 14.8 Å². The second kappa shape index (κ2) is 6.91. The van der Waals surface area contributed by atoms with Gasteiger partial charge in [-0.05, 0) is 19.3 Å². The highest BCUT2D eigenvalue weighted by Crippen LogP contribution is 2.26. The van der Waals surface area contributed by atoms with Crippen LogP contribution in [0.1, 0.15) is 19.3 Å². The van der Waals surface area contributed by atoms with Gasteiger partial charge in [-0.25, -0.2) is 4.68 Å². The fourth-order valence-corrected chi connectivity index (χ4v) is 2.64. The van der Waals surface area contributed by atoms with Crippen molar-refractivity contribution in [1.29, 1.82) is 0 Å². The molecule has 0 amide bonds. The number of nitrogens with zero attached hydrogens (tertiary/aromatic N) is 2. The number of aromatic nitrogens is 2. The molecule has 1 heterocycles. The summed E-state index contributed by atoms with van der Waals surface area (Å²) in [5.41, 5.74) is -0.0734. The van der Waals surface area contributed by atoms with E-state index in [9.17, 15) is 9.59 Å². The molecule has 1 aliphatic carbocycles. The molecular weight excluding hydrogens is 298 g/mol. The lowest BCUT2D eigenvalue weighted by Gasteiger charge is -2.21. The van der Waals surface area contributed by atoms with Crippen molar-refractivity contribution in [3.63, 3.8) is 0 Å². The molecule has 0 aliphatic heterocycles. The van der Waals surface area contributed by atoms with Gasteiger partial charge >= 0.3 is 5.97 Å². The average molecular weight is 316 g/mol. The van der Waals surface area contributed by atoms with Crippen LogP contribution < -0.4 is 10.9 Å². The number of nitrogens with one attached hydrogen (secondary N) is 1. The van der Waals surface area contributed by atoms with Crippen molar-refractivity contribution in [3.8, 4) is 0 Å². The highest BCUT2D eigenvalue weighted by Gasteiger charge is 2.28. The molecule has 1 aromatic heterocycles. The van der Waals surface area contributed by atoms with Crippen LogP contribution in [0, 0.1) is 0 Å². The van der Waals surface area contributed by atoms with Crippen LogP contribution in [0.2, 0.25) is 5.02 Å². The molecule has 0 bridgehead atoms. The van der Waals surface area contributed by atoms with Gasteiger partial charge in [0.2, 0.25) is 0 Å². The van der Waals surface area contributed by atoms with Crippen molar-refractivity contribution in [3.05, 3.63) is 21.6 Å². The maximum atomic E-state index is 12.1. The van der Waals surface area contributed by atoms with Crippen molar-refractivity contribution in [2.45, 2.75) is 38.0 Å². The fourth-order valence-electron chi connectivity index (χ4n) is 2.44. The smallest absolute Gasteiger partial charge is 0.327 e. The van der Waals surface area contributed by atoms with Gasteiger partial charge in [0.25, 0.3) is 5.56 Å². The maximum Gasteiger partial charge on any atom is 0.327 e. The van der Waals surface area contributed by atoms with Gasteiger partial charge in [0.05, 0.1) is 31.1 Å². The topological polar surface area (TPSA) is 82.5 Å². The fraction of sp³-hybridized carbons (Fsp3) is 0.615. The zero-order chi connectivity index (χ0) is 15.4. The number of ether oxygens (including phenoxy) is 2. The molecule has 1 saturated carbocycles. The molecular formula is C13H18ClN3O4. The Bertz CT molecular complexity index is 575. The summed E-state index contributed by atoms with van der Waals surface area (Å²) in [7, 11) is 2.91. The summed E-state index contributed by atoms with van der Waals surface area (Å²) in [5.74, 6) is -0.559. The second-order valence-corrected chi connectivity index (χ2v) is 5.25. The van der Waals surface area contributed by atoms with Gasteiger partial charge in [-0.3, -0.25) is 9.59 Å². The third kappa shape index (κ3) is 3.54. The Morgan fingerprint density at radius 2 is 2.29 bits per heavy atom.